The Kier molecular flexibility index (Phi) is 4.39. The number of hydrogen-bond donors (Lipinski definition) is 1. The van der Waals surface area contributed by atoms with Gasteiger partial charge in [0, 0.05) is 12.4 Å². The van der Waals surface area contributed by atoms with E-state index in [0.717, 1.165) is 12.2 Å². The fraction of sp³-hybridized carbons (Fsp3) is 0.385. The number of nitrogens with one attached hydrogen (secondary N) is 1. The van der Waals surface area contributed by atoms with E-state index in [1.165, 1.54) is 6.20 Å². The van der Waals surface area contributed by atoms with Gasteiger partial charge in [0.1, 0.15) is 11.6 Å². The second-order valence-corrected chi connectivity index (χ2v) is 6.37. The van der Waals surface area contributed by atoms with Gasteiger partial charge in [-0.3, -0.25) is 9.29 Å². The number of aryl methyl sites for hydroxylation is 1. The minimum atomic E-state index is -3.28. The normalized spacial score (nSPS) is 11.5. The minimum Gasteiger partial charge on any atom is -0.288 e. The minimum absolute atomic E-state index is 0.131. The molecule has 0 saturated heterocycles. The Hall–Kier alpha value is -1.89. The molecule has 0 radical (unpaired) electrons. The van der Waals surface area contributed by atoms with Crippen LogP contribution in [-0.4, -0.2) is 28.7 Å². The highest BCUT2D eigenvalue weighted by atomic mass is 32.2. The van der Waals surface area contributed by atoms with Crippen LogP contribution in [-0.2, 0) is 10.0 Å². The maximum atomic E-state index is 11.8. The Morgan fingerprint density at radius 3 is 2.65 bits per heavy atom. The smallest absolute Gasteiger partial charge is 0.232 e. The van der Waals surface area contributed by atoms with Gasteiger partial charge in [-0.25, -0.2) is 18.4 Å². The van der Waals surface area contributed by atoms with Crippen LogP contribution in [0.15, 0.2) is 30.7 Å². The molecule has 0 amide bonds. The highest BCUT2D eigenvalue weighted by molar-refractivity contribution is 7.92. The number of pyridine rings is 1. The van der Waals surface area contributed by atoms with Gasteiger partial charge in [-0.05, 0) is 25.5 Å². The topological polar surface area (TPSA) is 76.9 Å². The number of aromatic nitrogens is 3. The third kappa shape index (κ3) is 3.57. The molecular formula is C13H18N4O2S. The van der Waals surface area contributed by atoms with Crippen LogP contribution in [0.3, 0.4) is 0 Å². The van der Waals surface area contributed by atoms with E-state index >= 15 is 0 Å². The van der Waals surface area contributed by atoms with Crippen molar-refractivity contribution in [3.63, 3.8) is 0 Å². The van der Waals surface area contributed by atoms with Gasteiger partial charge in [-0.2, -0.15) is 0 Å². The van der Waals surface area contributed by atoms with Crippen molar-refractivity contribution < 1.29 is 8.42 Å². The molecule has 0 bridgehead atoms. The molecule has 108 valence electrons. The highest BCUT2D eigenvalue weighted by Crippen LogP contribution is 2.13. The van der Waals surface area contributed by atoms with E-state index < -0.39 is 10.0 Å². The first-order valence-electron chi connectivity index (χ1n) is 6.48. The lowest BCUT2D eigenvalue weighted by atomic mass is 10.4. The number of rotatable bonds is 6. The molecule has 7 heteroatoms. The molecule has 0 fully saturated rings. The quantitative estimate of drug-likeness (QED) is 0.885. The van der Waals surface area contributed by atoms with Crippen molar-refractivity contribution in [2.24, 2.45) is 0 Å². The molecule has 20 heavy (non-hydrogen) atoms. The van der Waals surface area contributed by atoms with Crippen LogP contribution in [0.1, 0.15) is 25.6 Å². The SMILES string of the molecule is CCCCS(=O)(=O)Nc1ccc(-n2ccnc2C)nc1. The summed E-state index contributed by atoms with van der Waals surface area (Å²) in [6, 6.07) is 3.46. The molecule has 0 saturated carbocycles. The molecular weight excluding hydrogens is 276 g/mol. The molecule has 2 aromatic rings. The van der Waals surface area contributed by atoms with Gasteiger partial charge in [0.15, 0.2) is 0 Å². The summed E-state index contributed by atoms with van der Waals surface area (Å²) < 4.78 is 27.9. The van der Waals surface area contributed by atoms with Gasteiger partial charge < -0.3 is 0 Å². The average Bonchev–Trinajstić information content (AvgIpc) is 2.83. The fourth-order valence-electron chi connectivity index (χ4n) is 1.77. The maximum Gasteiger partial charge on any atom is 0.232 e. The highest BCUT2D eigenvalue weighted by Gasteiger charge is 2.10. The number of sulfonamides is 1. The largest absolute Gasteiger partial charge is 0.288 e. The summed E-state index contributed by atoms with van der Waals surface area (Å²) in [7, 11) is -3.28. The Morgan fingerprint density at radius 1 is 1.30 bits per heavy atom. The Labute approximate surface area is 118 Å². The lowest BCUT2D eigenvalue weighted by molar-refractivity contribution is 0.598. The maximum absolute atomic E-state index is 11.8. The van der Waals surface area contributed by atoms with Crippen LogP contribution in [0, 0.1) is 6.92 Å². The predicted octanol–water partition coefficient (Wildman–Crippen LogP) is 2.12. The summed E-state index contributed by atoms with van der Waals surface area (Å²) in [6.07, 6.45) is 6.51. The molecule has 2 heterocycles. The molecule has 0 spiro atoms. The second-order valence-electron chi connectivity index (χ2n) is 4.52. The van der Waals surface area contributed by atoms with E-state index in [1.807, 2.05) is 24.6 Å². The van der Waals surface area contributed by atoms with Crippen LogP contribution in [0.2, 0.25) is 0 Å². The summed E-state index contributed by atoms with van der Waals surface area (Å²) in [5.74, 6) is 1.66. The van der Waals surface area contributed by atoms with Crippen molar-refractivity contribution in [3.8, 4) is 5.82 Å². The van der Waals surface area contributed by atoms with Gasteiger partial charge in [-0.15, -0.1) is 0 Å². The summed E-state index contributed by atoms with van der Waals surface area (Å²) in [5.41, 5.74) is 0.475. The zero-order chi connectivity index (χ0) is 14.6. The van der Waals surface area contributed by atoms with E-state index in [2.05, 4.69) is 14.7 Å². The van der Waals surface area contributed by atoms with Gasteiger partial charge in [0.2, 0.25) is 10.0 Å². The molecule has 6 nitrogen and oxygen atoms in total. The Morgan fingerprint density at radius 2 is 2.10 bits per heavy atom. The number of nitrogens with zero attached hydrogens (tertiary/aromatic N) is 3. The van der Waals surface area contributed by atoms with Gasteiger partial charge >= 0.3 is 0 Å². The summed E-state index contributed by atoms with van der Waals surface area (Å²) >= 11 is 0. The first-order valence-corrected chi connectivity index (χ1v) is 8.14. The molecule has 0 aliphatic carbocycles. The number of unbranched alkanes of at least 4 members (excludes halogenated alkanes) is 1. The van der Waals surface area contributed by atoms with Crippen LogP contribution in [0.4, 0.5) is 5.69 Å². The average molecular weight is 294 g/mol. The van der Waals surface area contributed by atoms with Crippen molar-refractivity contribution in [2.75, 3.05) is 10.5 Å². The first-order chi connectivity index (χ1) is 9.52. The molecule has 0 unspecified atom stereocenters. The summed E-state index contributed by atoms with van der Waals surface area (Å²) in [5, 5.41) is 0. The summed E-state index contributed by atoms with van der Waals surface area (Å²) in [6.45, 7) is 3.84. The number of hydrogen-bond acceptors (Lipinski definition) is 4. The first kappa shape index (κ1) is 14.5. The summed E-state index contributed by atoms with van der Waals surface area (Å²) in [4.78, 5) is 8.36. The van der Waals surface area contributed by atoms with E-state index in [-0.39, 0.29) is 5.75 Å². The fourth-order valence-corrected chi connectivity index (χ4v) is 3.02. The molecule has 0 aromatic carbocycles. The molecule has 0 atom stereocenters. The molecule has 1 N–H and O–H groups in total. The van der Waals surface area contributed by atoms with E-state index in [1.54, 1.807) is 18.3 Å². The second kappa shape index (κ2) is 6.04. The van der Waals surface area contributed by atoms with Gasteiger partial charge in [0.25, 0.3) is 0 Å². The molecule has 2 aromatic heterocycles. The van der Waals surface area contributed by atoms with E-state index in [9.17, 15) is 8.42 Å². The van der Waals surface area contributed by atoms with Crippen LogP contribution >= 0.6 is 0 Å². The lowest BCUT2D eigenvalue weighted by Gasteiger charge is -2.08. The Balaban J connectivity index is 2.11. The van der Waals surface area contributed by atoms with Crippen LogP contribution < -0.4 is 4.72 Å². The Bertz CT molecular complexity index is 662. The number of imidazole rings is 1. The van der Waals surface area contributed by atoms with Gasteiger partial charge in [-0.1, -0.05) is 13.3 Å². The van der Waals surface area contributed by atoms with E-state index in [0.29, 0.717) is 17.9 Å². The molecule has 0 aliphatic heterocycles. The third-order valence-electron chi connectivity index (χ3n) is 2.86. The molecule has 2 rings (SSSR count). The zero-order valence-electron chi connectivity index (χ0n) is 11.6. The zero-order valence-corrected chi connectivity index (χ0v) is 12.4. The van der Waals surface area contributed by atoms with Crippen molar-refractivity contribution in [1.29, 1.82) is 0 Å². The van der Waals surface area contributed by atoms with Gasteiger partial charge in [0.05, 0.1) is 17.6 Å². The van der Waals surface area contributed by atoms with Crippen molar-refractivity contribution in [1.82, 2.24) is 14.5 Å². The van der Waals surface area contributed by atoms with Crippen LogP contribution in [0.5, 0.6) is 0 Å². The van der Waals surface area contributed by atoms with Crippen molar-refractivity contribution in [3.05, 3.63) is 36.5 Å². The van der Waals surface area contributed by atoms with Crippen LogP contribution in [0.25, 0.3) is 5.82 Å². The monoisotopic (exact) mass is 294 g/mol. The van der Waals surface area contributed by atoms with Crippen molar-refractivity contribution >= 4 is 15.7 Å². The third-order valence-corrected chi connectivity index (χ3v) is 4.23. The standard InChI is InChI=1S/C13H18N4O2S/c1-3-4-9-20(18,19)16-12-5-6-13(15-10-12)17-8-7-14-11(17)2/h5-8,10,16H,3-4,9H2,1-2H3. The van der Waals surface area contributed by atoms with E-state index in [4.69, 9.17) is 0 Å². The molecule has 0 aliphatic rings. The lowest BCUT2D eigenvalue weighted by Crippen LogP contribution is -2.16. The predicted molar refractivity (Wildman–Crippen MR) is 78.4 cm³/mol. The number of anilines is 1. The van der Waals surface area contributed by atoms with Crippen molar-refractivity contribution in [2.45, 2.75) is 26.7 Å².